The van der Waals surface area contributed by atoms with E-state index in [9.17, 15) is 0 Å². The van der Waals surface area contributed by atoms with Gasteiger partial charge in [-0.25, -0.2) is 0 Å². The minimum atomic E-state index is 0.388. The Morgan fingerprint density at radius 2 is 1.85 bits per heavy atom. The van der Waals surface area contributed by atoms with Crippen molar-refractivity contribution in [3.63, 3.8) is 0 Å². The molecule has 1 aromatic heterocycles. The number of allylic oxidation sites excluding steroid dienone is 7. The summed E-state index contributed by atoms with van der Waals surface area (Å²) in [4.78, 5) is 4.79. The number of fused-ring (bicyclic) bond motifs is 1. The fourth-order valence-corrected chi connectivity index (χ4v) is 4.68. The second-order valence-corrected chi connectivity index (χ2v) is 7.18. The van der Waals surface area contributed by atoms with E-state index in [-0.39, 0.29) is 0 Å². The van der Waals surface area contributed by atoms with Crippen molar-refractivity contribution in [2.24, 2.45) is 0 Å². The van der Waals surface area contributed by atoms with Crippen LogP contribution in [0.25, 0.3) is 28.1 Å². The molecule has 3 aromatic rings. The molecule has 26 heavy (non-hydrogen) atoms. The molecule has 1 atom stereocenters. The van der Waals surface area contributed by atoms with E-state index in [0.29, 0.717) is 5.92 Å². The Kier molecular flexibility index (Phi) is 2.78. The zero-order valence-corrected chi connectivity index (χ0v) is 14.3. The van der Waals surface area contributed by atoms with Crippen LogP contribution in [-0.2, 0) is 6.42 Å². The topological polar surface area (TPSA) is 12.9 Å². The molecule has 1 unspecified atom stereocenters. The summed E-state index contributed by atoms with van der Waals surface area (Å²) in [6.07, 6.45) is 16.5. The standard InChI is InChI=1S/C25H17N/c1-2-7-20-16(4-1)14-15-26-25(20)22-13-11-19-9-8-17-5-3-6-18-10-12-21(22)24(19)23(17)18/h1-11,13-15,23H,12H2. The van der Waals surface area contributed by atoms with Gasteiger partial charge in [0.15, 0.2) is 0 Å². The first kappa shape index (κ1) is 14.0. The highest BCUT2D eigenvalue weighted by atomic mass is 14.7. The van der Waals surface area contributed by atoms with E-state index in [1.807, 2.05) is 6.20 Å². The van der Waals surface area contributed by atoms with Gasteiger partial charge in [-0.3, -0.25) is 4.98 Å². The van der Waals surface area contributed by atoms with Crippen molar-refractivity contribution < 1.29 is 0 Å². The van der Waals surface area contributed by atoms with Gasteiger partial charge in [0.05, 0.1) is 5.69 Å². The highest BCUT2D eigenvalue weighted by Gasteiger charge is 2.31. The molecule has 0 saturated heterocycles. The molecule has 6 rings (SSSR count). The van der Waals surface area contributed by atoms with Crippen molar-refractivity contribution in [2.45, 2.75) is 12.3 Å². The van der Waals surface area contributed by atoms with Gasteiger partial charge >= 0.3 is 0 Å². The minimum absolute atomic E-state index is 0.388. The predicted octanol–water partition coefficient (Wildman–Crippen LogP) is 5.99. The molecule has 0 saturated carbocycles. The van der Waals surface area contributed by atoms with Crippen molar-refractivity contribution in [2.75, 3.05) is 0 Å². The van der Waals surface area contributed by atoms with Gasteiger partial charge < -0.3 is 0 Å². The molecule has 0 bridgehead atoms. The highest BCUT2D eigenvalue weighted by Crippen LogP contribution is 2.48. The first-order valence-electron chi connectivity index (χ1n) is 9.16. The Bertz CT molecular complexity index is 1200. The fraction of sp³-hybridized carbons (Fsp3) is 0.0800. The van der Waals surface area contributed by atoms with E-state index in [4.69, 9.17) is 4.98 Å². The molecule has 0 fully saturated rings. The van der Waals surface area contributed by atoms with Gasteiger partial charge in [-0.05, 0) is 45.7 Å². The number of nitrogens with zero attached hydrogens (tertiary/aromatic N) is 1. The Morgan fingerprint density at radius 1 is 0.885 bits per heavy atom. The predicted molar refractivity (Wildman–Crippen MR) is 108 cm³/mol. The molecule has 0 aliphatic heterocycles. The lowest BCUT2D eigenvalue weighted by molar-refractivity contribution is 0.893. The quantitative estimate of drug-likeness (QED) is 0.533. The summed E-state index contributed by atoms with van der Waals surface area (Å²) >= 11 is 0. The average Bonchev–Trinajstić information content (AvgIpc) is 2.71. The molecule has 3 aliphatic rings. The molecule has 1 heterocycles. The Morgan fingerprint density at radius 3 is 2.85 bits per heavy atom. The average molecular weight is 331 g/mol. The van der Waals surface area contributed by atoms with E-state index in [2.05, 4.69) is 78.9 Å². The van der Waals surface area contributed by atoms with Gasteiger partial charge in [-0.2, -0.15) is 0 Å². The lowest BCUT2D eigenvalue weighted by Crippen LogP contribution is -2.18. The second-order valence-electron chi connectivity index (χ2n) is 7.18. The van der Waals surface area contributed by atoms with Gasteiger partial charge in [0.1, 0.15) is 0 Å². The largest absolute Gasteiger partial charge is 0.256 e. The van der Waals surface area contributed by atoms with Crippen LogP contribution in [-0.4, -0.2) is 4.98 Å². The maximum atomic E-state index is 4.79. The number of rotatable bonds is 1. The van der Waals surface area contributed by atoms with Crippen LogP contribution in [0.2, 0.25) is 0 Å². The van der Waals surface area contributed by atoms with Crippen LogP contribution in [0.3, 0.4) is 0 Å². The third kappa shape index (κ3) is 1.83. The van der Waals surface area contributed by atoms with Crippen LogP contribution in [0.15, 0.2) is 90.2 Å². The maximum absolute atomic E-state index is 4.79. The first-order valence-corrected chi connectivity index (χ1v) is 9.16. The van der Waals surface area contributed by atoms with Crippen molar-refractivity contribution in [3.8, 4) is 11.3 Å². The van der Waals surface area contributed by atoms with Crippen molar-refractivity contribution in [1.82, 2.24) is 4.98 Å². The van der Waals surface area contributed by atoms with Gasteiger partial charge in [-0.1, -0.05) is 72.9 Å². The molecule has 0 N–H and O–H groups in total. The highest BCUT2D eigenvalue weighted by molar-refractivity contribution is 5.96. The van der Waals surface area contributed by atoms with Crippen LogP contribution in [0.4, 0.5) is 0 Å². The lowest BCUT2D eigenvalue weighted by atomic mass is 9.70. The van der Waals surface area contributed by atoms with Crippen LogP contribution < -0.4 is 0 Å². The molecule has 3 aliphatic carbocycles. The van der Waals surface area contributed by atoms with E-state index in [0.717, 1.165) is 12.1 Å². The van der Waals surface area contributed by atoms with Crippen LogP contribution in [0.5, 0.6) is 0 Å². The van der Waals surface area contributed by atoms with Crippen molar-refractivity contribution in [1.29, 1.82) is 0 Å². The van der Waals surface area contributed by atoms with E-state index >= 15 is 0 Å². The number of benzene rings is 2. The Hall–Kier alpha value is -3.19. The van der Waals surface area contributed by atoms with Crippen LogP contribution >= 0.6 is 0 Å². The second kappa shape index (κ2) is 5.15. The smallest absolute Gasteiger partial charge is 0.0783 e. The molecular weight excluding hydrogens is 314 g/mol. The van der Waals surface area contributed by atoms with Gasteiger partial charge in [0.25, 0.3) is 0 Å². The first-order chi connectivity index (χ1) is 12.9. The summed E-state index contributed by atoms with van der Waals surface area (Å²) in [5.41, 5.74) is 9.48. The van der Waals surface area contributed by atoms with Crippen LogP contribution in [0, 0.1) is 0 Å². The molecule has 1 nitrogen and oxygen atoms in total. The van der Waals surface area contributed by atoms with Crippen LogP contribution in [0.1, 0.15) is 22.6 Å². The van der Waals surface area contributed by atoms with Crippen molar-refractivity contribution >= 4 is 16.8 Å². The molecular formula is C25H17N. The van der Waals surface area contributed by atoms with Crippen molar-refractivity contribution in [3.05, 3.63) is 107 Å². The summed E-state index contributed by atoms with van der Waals surface area (Å²) < 4.78 is 0. The number of pyridine rings is 1. The van der Waals surface area contributed by atoms with Gasteiger partial charge in [0, 0.05) is 23.1 Å². The normalized spacial score (nSPS) is 19.2. The minimum Gasteiger partial charge on any atom is -0.256 e. The fourth-order valence-electron chi connectivity index (χ4n) is 4.68. The van der Waals surface area contributed by atoms with E-state index < -0.39 is 0 Å². The molecule has 122 valence electrons. The SMILES string of the molecule is C1=CC2=CCc3c(-c4nccc5ccccc45)ccc4c3C2C(=C1)C=C4. The monoisotopic (exact) mass is 331 g/mol. The molecule has 0 radical (unpaired) electrons. The van der Waals surface area contributed by atoms with E-state index in [1.54, 1.807) is 0 Å². The van der Waals surface area contributed by atoms with E-state index in [1.165, 1.54) is 44.2 Å². The zero-order valence-electron chi connectivity index (χ0n) is 14.3. The Balaban J connectivity index is 1.66. The number of hydrogen-bond donors (Lipinski definition) is 0. The molecule has 1 heteroatoms. The summed E-state index contributed by atoms with van der Waals surface area (Å²) in [6.45, 7) is 0. The summed E-state index contributed by atoms with van der Waals surface area (Å²) in [5, 5.41) is 2.47. The summed E-state index contributed by atoms with van der Waals surface area (Å²) in [5.74, 6) is 0.388. The van der Waals surface area contributed by atoms with Gasteiger partial charge in [-0.15, -0.1) is 0 Å². The maximum Gasteiger partial charge on any atom is 0.0783 e. The number of aromatic nitrogens is 1. The summed E-state index contributed by atoms with van der Waals surface area (Å²) in [6, 6.07) is 15.2. The lowest BCUT2D eigenvalue weighted by Gasteiger charge is -2.34. The zero-order chi connectivity index (χ0) is 17.1. The van der Waals surface area contributed by atoms with Gasteiger partial charge in [0.2, 0.25) is 0 Å². The summed E-state index contributed by atoms with van der Waals surface area (Å²) in [7, 11) is 0. The third-order valence-corrected chi connectivity index (χ3v) is 5.85. The number of hydrogen-bond acceptors (Lipinski definition) is 1. The molecule has 0 spiro atoms. The molecule has 0 amide bonds. The third-order valence-electron chi connectivity index (χ3n) is 5.85. The molecule has 2 aromatic carbocycles. The Labute approximate surface area is 152 Å².